The summed E-state index contributed by atoms with van der Waals surface area (Å²) in [5, 5.41) is 11.0. The molecule has 3 heteroatoms. The molecule has 0 unspecified atom stereocenters. The molecule has 7 aromatic carbocycles. The van der Waals surface area contributed by atoms with Crippen molar-refractivity contribution in [2.45, 2.75) is 0 Å². The Balaban J connectivity index is 1.29. The van der Waals surface area contributed by atoms with Gasteiger partial charge in [-0.3, -0.25) is 0 Å². The van der Waals surface area contributed by atoms with Crippen LogP contribution in [0.3, 0.4) is 0 Å². The van der Waals surface area contributed by atoms with Gasteiger partial charge in [0.25, 0.3) is 0 Å². The molecular formula is C45H27N3. The van der Waals surface area contributed by atoms with E-state index in [-0.39, 0.29) is 0 Å². The predicted octanol–water partition coefficient (Wildman–Crippen LogP) is 11.8. The normalized spacial score (nSPS) is 12.2. The Bertz CT molecular complexity index is 2960. The molecule has 1 aliphatic carbocycles. The average molecular weight is 610 g/mol. The first-order valence-corrected chi connectivity index (χ1v) is 16.5. The third kappa shape index (κ3) is 3.45. The van der Waals surface area contributed by atoms with Crippen molar-refractivity contribution in [3.05, 3.63) is 164 Å². The van der Waals surface area contributed by atoms with E-state index in [0.717, 1.165) is 28.0 Å². The largest absolute Gasteiger partial charge is 0.309 e. The molecule has 0 saturated carbocycles. The molecular weight excluding hydrogens is 583 g/mol. The predicted molar refractivity (Wildman–Crippen MR) is 202 cm³/mol. The lowest BCUT2D eigenvalue weighted by Gasteiger charge is -2.11. The molecule has 0 saturated heterocycles. The molecule has 2 aromatic heterocycles. The second kappa shape index (κ2) is 9.54. The van der Waals surface area contributed by atoms with Gasteiger partial charge in [0.15, 0.2) is 0 Å². The number of fused-ring (bicyclic) bond motifs is 13. The number of aromatic nitrogens is 3. The smallest absolute Gasteiger partial charge is 0.0795 e. The standard InChI is InChI=1S/C45H27N3/c1-6-16-40-31(11-1)39-25-28-21-22-29(47-41-17-7-2-12-32(41)33-13-3-8-18-42(33)47)26-37(28)38-27-30(23-24-36(38)45(39)46-40)48-43-19-9-4-14-34(43)35-15-5-10-20-44(35)48/h1-27H. The molecule has 3 nitrogen and oxygen atoms in total. The van der Waals surface area contributed by atoms with Gasteiger partial charge in [-0.05, 0) is 76.8 Å². The molecule has 0 atom stereocenters. The fourth-order valence-corrected chi connectivity index (χ4v) is 8.16. The Labute approximate surface area is 275 Å². The molecule has 9 aromatic rings. The number of benzene rings is 7. The second-order valence-electron chi connectivity index (χ2n) is 12.8. The molecule has 11 rings (SSSR count). The molecule has 0 spiro atoms. The minimum atomic E-state index is 1.03. The zero-order valence-electron chi connectivity index (χ0n) is 25.9. The first-order valence-electron chi connectivity index (χ1n) is 16.5. The van der Waals surface area contributed by atoms with Gasteiger partial charge in [0, 0.05) is 49.3 Å². The summed E-state index contributed by atoms with van der Waals surface area (Å²) in [4.78, 5) is 5.24. The van der Waals surface area contributed by atoms with E-state index >= 15 is 0 Å². The highest BCUT2D eigenvalue weighted by Crippen LogP contribution is 2.42. The quantitative estimate of drug-likeness (QED) is 0.191. The van der Waals surface area contributed by atoms with Crippen molar-refractivity contribution in [2.75, 3.05) is 0 Å². The number of nitrogens with zero attached hydrogens (tertiary/aromatic N) is 3. The van der Waals surface area contributed by atoms with Crippen LogP contribution in [0.2, 0.25) is 0 Å². The molecule has 2 aliphatic rings. The van der Waals surface area contributed by atoms with Crippen molar-refractivity contribution in [2.24, 2.45) is 0 Å². The van der Waals surface area contributed by atoms with Crippen LogP contribution in [0.4, 0.5) is 0 Å². The summed E-state index contributed by atoms with van der Waals surface area (Å²) in [6, 6.07) is 59.6. The first kappa shape index (κ1) is 25.7. The van der Waals surface area contributed by atoms with E-state index in [1.54, 1.807) is 0 Å². The Morgan fingerprint density at radius 1 is 0.333 bits per heavy atom. The van der Waals surface area contributed by atoms with Crippen LogP contribution in [0.25, 0.3) is 98.7 Å². The summed E-state index contributed by atoms with van der Waals surface area (Å²) in [7, 11) is 0. The maximum Gasteiger partial charge on any atom is 0.0795 e. The van der Waals surface area contributed by atoms with Crippen molar-refractivity contribution in [3.8, 4) is 22.6 Å². The van der Waals surface area contributed by atoms with Gasteiger partial charge >= 0.3 is 0 Å². The van der Waals surface area contributed by atoms with E-state index in [2.05, 4.69) is 173 Å². The molecule has 1 aliphatic heterocycles. The molecule has 0 radical (unpaired) electrons. The van der Waals surface area contributed by atoms with E-state index in [1.807, 2.05) is 0 Å². The van der Waals surface area contributed by atoms with Crippen LogP contribution in [-0.2, 0) is 0 Å². The van der Waals surface area contributed by atoms with Crippen LogP contribution in [0.1, 0.15) is 0 Å². The fraction of sp³-hybridized carbons (Fsp3) is 0. The van der Waals surface area contributed by atoms with Gasteiger partial charge in [0.1, 0.15) is 0 Å². The van der Waals surface area contributed by atoms with E-state index in [0.29, 0.717) is 0 Å². The van der Waals surface area contributed by atoms with Crippen LogP contribution >= 0.6 is 0 Å². The van der Waals surface area contributed by atoms with Crippen LogP contribution in [0.15, 0.2) is 164 Å². The lowest BCUT2D eigenvalue weighted by Crippen LogP contribution is -1.95. The Hall–Kier alpha value is -6.45. The molecule has 3 heterocycles. The van der Waals surface area contributed by atoms with Gasteiger partial charge in [-0.1, -0.05) is 103 Å². The highest BCUT2D eigenvalue weighted by molar-refractivity contribution is 6.18. The second-order valence-corrected chi connectivity index (χ2v) is 12.8. The van der Waals surface area contributed by atoms with Crippen molar-refractivity contribution in [1.82, 2.24) is 14.1 Å². The van der Waals surface area contributed by atoms with Gasteiger partial charge in [-0.2, -0.15) is 0 Å². The first-order chi connectivity index (χ1) is 23.8. The van der Waals surface area contributed by atoms with Gasteiger partial charge in [-0.25, -0.2) is 4.98 Å². The summed E-state index contributed by atoms with van der Waals surface area (Å²) < 4.78 is 4.82. The zero-order chi connectivity index (χ0) is 31.3. The van der Waals surface area contributed by atoms with Crippen molar-refractivity contribution < 1.29 is 0 Å². The Morgan fingerprint density at radius 2 is 0.792 bits per heavy atom. The summed E-state index contributed by atoms with van der Waals surface area (Å²) in [5.74, 6) is 0. The lowest BCUT2D eigenvalue weighted by atomic mass is 10.0. The number of hydrogen-bond donors (Lipinski definition) is 0. The number of rotatable bonds is 2. The Morgan fingerprint density at radius 3 is 1.35 bits per heavy atom. The van der Waals surface area contributed by atoms with Gasteiger partial charge in [-0.15, -0.1) is 0 Å². The van der Waals surface area contributed by atoms with Crippen LogP contribution in [0.5, 0.6) is 0 Å². The lowest BCUT2D eigenvalue weighted by molar-refractivity contribution is 1.18. The average Bonchev–Trinajstić information content (AvgIpc) is 3.77. The maximum absolute atomic E-state index is 5.24. The highest BCUT2D eigenvalue weighted by Gasteiger charge is 2.19. The fourth-order valence-electron chi connectivity index (χ4n) is 8.16. The van der Waals surface area contributed by atoms with Crippen LogP contribution < -0.4 is 0 Å². The van der Waals surface area contributed by atoms with Crippen molar-refractivity contribution in [3.63, 3.8) is 0 Å². The highest BCUT2D eigenvalue weighted by atomic mass is 15.0. The maximum atomic E-state index is 5.24. The van der Waals surface area contributed by atoms with Crippen molar-refractivity contribution in [1.29, 1.82) is 0 Å². The molecule has 0 bridgehead atoms. The van der Waals surface area contributed by atoms with Gasteiger partial charge < -0.3 is 9.13 Å². The third-order valence-electron chi connectivity index (χ3n) is 10.2. The molecule has 0 fully saturated rings. The third-order valence-corrected chi connectivity index (χ3v) is 10.2. The minimum absolute atomic E-state index is 1.03. The summed E-state index contributed by atoms with van der Waals surface area (Å²) in [5.41, 5.74) is 10.4. The Kier molecular flexibility index (Phi) is 5.11. The van der Waals surface area contributed by atoms with Crippen molar-refractivity contribution >= 4 is 76.1 Å². The zero-order valence-corrected chi connectivity index (χ0v) is 25.9. The summed E-state index contributed by atoms with van der Waals surface area (Å²) >= 11 is 0. The number of para-hydroxylation sites is 5. The SMILES string of the molecule is c1ccc2c3cc4ccc(-n5c6ccccc6c6ccccc65)cc4c4cc(-n5c6ccccc6c6ccccc65)ccc4c-3nc2c1. The molecule has 0 amide bonds. The number of hydrogen-bond acceptors (Lipinski definition) is 1. The molecule has 222 valence electrons. The molecule has 0 N–H and O–H groups in total. The van der Waals surface area contributed by atoms with Crippen LogP contribution in [0, 0.1) is 0 Å². The van der Waals surface area contributed by atoms with Crippen LogP contribution in [-0.4, -0.2) is 14.1 Å². The van der Waals surface area contributed by atoms with E-state index < -0.39 is 0 Å². The van der Waals surface area contributed by atoms with E-state index in [1.165, 1.54) is 70.7 Å². The monoisotopic (exact) mass is 609 g/mol. The van der Waals surface area contributed by atoms with Gasteiger partial charge in [0.05, 0.1) is 33.3 Å². The van der Waals surface area contributed by atoms with Gasteiger partial charge in [0.2, 0.25) is 0 Å². The summed E-state index contributed by atoms with van der Waals surface area (Å²) in [6.07, 6.45) is 0. The summed E-state index contributed by atoms with van der Waals surface area (Å²) in [6.45, 7) is 0. The van der Waals surface area contributed by atoms with E-state index in [9.17, 15) is 0 Å². The van der Waals surface area contributed by atoms with E-state index in [4.69, 9.17) is 4.98 Å². The topological polar surface area (TPSA) is 22.8 Å². The molecule has 48 heavy (non-hydrogen) atoms. The minimum Gasteiger partial charge on any atom is -0.309 e.